The Morgan fingerprint density at radius 3 is 2.54 bits per heavy atom. The van der Waals surface area contributed by atoms with E-state index in [1.165, 1.54) is 0 Å². The Balaban J connectivity index is 1.49. The average Bonchev–Trinajstić information content (AvgIpc) is 3.14. The zero-order valence-corrected chi connectivity index (χ0v) is 16.3. The molecule has 2 aromatic carbocycles. The maximum atomic E-state index is 12.2. The van der Waals surface area contributed by atoms with E-state index in [0.29, 0.717) is 28.7 Å². The molecule has 0 bridgehead atoms. The van der Waals surface area contributed by atoms with Gasteiger partial charge in [0, 0.05) is 29.0 Å². The summed E-state index contributed by atoms with van der Waals surface area (Å²) >= 11 is 5.87. The molecule has 7 heteroatoms. The van der Waals surface area contributed by atoms with Crippen LogP contribution in [0.4, 0.5) is 0 Å². The summed E-state index contributed by atoms with van der Waals surface area (Å²) in [6.07, 6.45) is 2.06. The highest BCUT2D eigenvalue weighted by atomic mass is 35.5. The summed E-state index contributed by atoms with van der Waals surface area (Å²) in [6.45, 7) is 3.81. The molecule has 1 heterocycles. The quantitative estimate of drug-likeness (QED) is 0.637. The first-order chi connectivity index (χ1) is 13.4. The van der Waals surface area contributed by atoms with E-state index < -0.39 is 0 Å². The minimum absolute atomic E-state index is 0.133. The van der Waals surface area contributed by atoms with Gasteiger partial charge < -0.3 is 4.42 Å². The van der Waals surface area contributed by atoms with E-state index in [9.17, 15) is 9.59 Å². The molecule has 6 nitrogen and oxygen atoms in total. The van der Waals surface area contributed by atoms with E-state index in [1.807, 2.05) is 38.1 Å². The second-order valence-corrected chi connectivity index (χ2v) is 6.88. The van der Waals surface area contributed by atoms with E-state index in [4.69, 9.17) is 16.0 Å². The predicted octanol–water partition coefficient (Wildman–Crippen LogP) is 4.01. The fraction of sp³-hybridized carbons (Fsp3) is 0.190. The molecule has 0 fully saturated rings. The number of benzene rings is 2. The van der Waals surface area contributed by atoms with Gasteiger partial charge in [-0.3, -0.25) is 20.4 Å². The zero-order chi connectivity index (χ0) is 20.1. The number of oxazole rings is 1. The Morgan fingerprint density at radius 1 is 1.07 bits per heavy atom. The standard InChI is InChI=1S/C21H20ClN3O3/c1-13-3-8-17(14(2)11-13)21(27)25-24-19(26)9-10-20-23-12-18(28-20)15-4-6-16(22)7-5-15/h3-8,11-12H,9-10H2,1-2H3,(H,24,26)(H,25,27). The number of halogens is 1. The number of hydrogen-bond donors (Lipinski definition) is 2. The average molecular weight is 398 g/mol. The fourth-order valence-electron chi connectivity index (χ4n) is 2.72. The van der Waals surface area contributed by atoms with Crippen molar-refractivity contribution in [3.63, 3.8) is 0 Å². The first-order valence-corrected chi connectivity index (χ1v) is 9.17. The topological polar surface area (TPSA) is 84.2 Å². The summed E-state index contributed by atoms with van der Waals surface area (Å²) in [5.74, 6) is 0.368. The van der Waals surface area contributed by atoms with E-state index in [-0.39, 0.29) is 18.2 Å². The molecule has 1 aromatic heterocycles. The summed E-state index contributed by atoms with van der Waals surface area (Å²) in [7, 11) is 0. The number of nitrogens with one attached hydrogen (secondary N) is 2. The number of nitrogens with zero attached hydrogens (tertiary/aromatic N) is 1. The third kappa shape index (κ3) is 4.98. The van der Waals surface area contributed by atoms with Gasteiger partial charge in [0.05, 0.1) is 6.20 Å². The lowest BCUT2D eigenvalue weighted by Crippen LogP contribution is -2.42. The minimum atomic E-state index is -0.355. The number of aromatic nitrogens is 1. The van der Waals surface area contributed by atoms with Gasteiger partial charge in [0.25, 0.3) is 5.91 Å². The van der Waals surface area contributed by atoms with Crippen LogP contribution in [0.25, 0.3) is 11.3 Å². The summed E-state index contributed by atoms with van der Waals surface area (Å²) < 4.78 is 5.66. The molecule has 0 atom stereocenters. The van der Waals surface area contributed by atoms with Crippen molar-refractivity contribution in [2.75, 3.05) is 0 Å². The smallest absolute Gasteiger partial charge is 0.269 e. The lowest BCUT2D eigenvalue weighted by Gasteiger charge is -2.09. The molecule has 3 aromatic rings. The van der Waals surface area contributed by atoms with Gasteiger partial charge in [-0.15, -0.1) is 0 Å². The lowest BCUT2D eigenvalue weighted by atomic mass is 10.1. The van der Waals surface area contributed by atoms with E-state index in [1.54, 1.807) is 24.4 Å². The Hall–Kier alpha value is -3.12. The molecule has 0 saturated heterocycles. The van der Waals surface area contributed by atoms with Crippen molar-refractivity contribution in [2.24, 2.45) is 0 Å². The number of carbonyl (C=O) groups excluding carboxylic acids is 2. The third-order valence-electron chi connectivity index (χ3n) is 4.19. The number of rotatable bonds is 5. The van der Waals surface area contributed by atoms with Crippen molar-refractivity contribution < 1.29 is 14.0 Å². The van der Waals surface area contributed by atoms with Crippen molar-refractivity contribution in [3.8, 4) is 11.3 Å². The van der Waals surface area contributed by atoms with Gasteiger partial charge in [-0.05, 0) is 49.7 Å². The Kier molecular flexibility index (Phi) is 6.11. The molecule has 2 amide bonds. The summed E-state index contributed by atoms with van der Waals surface area (Å²) in [6, 6.07) is 12.7. The molecule has 0 aliphatic rings. The molecular formula is C21H20ClN3O3. The van der Waals surface area contributed by atoms with Crippen LogP contribution >= 0.6 is 11.6 Å². The van der Waals surface area contributed by atoms with Crippen molar-refractivity contribution >= 4 is 23.4 Å². The molecule has 0 radical (unpaired) electrons. The monoisotopic (exact) mass is 397 g/mol. The van der Waals surface area contributed by atoms with Crippen molar-refractivity contribution in [3.05, 3.63) is 76.3 Å². The zero-order valence-electron chi connectivity index (χ0n) is 15.6. The van der Waals surface area contributed by atoms with Crippen molar-refractivity contribution in [2.45, 2.75) is 26.7 Å². The molecule has 0 aliphatic carbocycles. The first-order valence-electron chi connectivity index (χ1n) is 8.79. The van der Waals surface area contributed by atoms with Gasteiger partial charge in [-0.2, -0.15) is 0 Å². The molecular weight excluding hydrogens is 378 g/mol. The van der Waals surface area contributed by atoms with Gasteiger partial charge in [-0.1, -0.05) is 29.3 Å². The Labute approximate surface area is 167 Å². The number of carbonyl (C=O) groups is 2. The van der Waals surface area contributed by atoms with Crippen LogP contribution in [0.3, 0.4) is 0 Å². The normalized spacial score (nSPS) is 10.5. The summed E-state index contributed by atoms with van der Waals surface area (Å²) in [5.41, 5.74) is 8.14. The SMILES string of the molecule is Cc1ccc(C(=O)NNC(=O)CCc2ncc(-c3ccc(Cl)cc3)o2)c(C)c1. The molecule has 0 saturated carbocycles. The molecule has 0 spiro atoms. The minimum Gasteiger partial charge on any atom is -0.441 e. The highest BCUT2D eigenvalue weighted by Crippen LogP contribution is 2.22. The van der Waals surface area contributed by atoms with Crippen LogP contribution in [0.5, 0.6) is 0 Å². The van der Waals surface area contributed by atoms with E-state index in [2.05, 4.69) is 15.8 Å². The van der Waals surface area contributed by atoms with Crippen LogP contribution in [0.1, 0.15) is 33.8 Å². The number of amides is 2. The van der Waals surface area contributed by atoms with Crippen LogP contribution in [-0.4, -0.2) is 16.8 Å². The van der Waals surface area contributed by atoms with Crippen molar-refractivity contribution in [1.29, 1.82) is 0 Å². The summed E-state index contributed by atoms with van der Waals surface area (Å²) in [5, 5.41) is 0.642. The number of aryl methyl sites for hydroxylation is 3. The molecule has 0 unspecified atom stereocenters. The van der Waals surface area contributed by atoms with Gasteiger partial charge in [0.15, 0.2) is 11.7 Å². The largest absolute Gasteiger partial charge is 0.441 e. The lowest BCUT2D eigenvalue weighted by molar-refractivity contribution is -0.121. The van der Waals surface area contributed by atoms with Crippen LogP contribution in [0, 0.1) is 13.8 Å². The van der Waals surface area contributed by atoms with Gasteiger partial charge in [0.1, 0.15) is 0 Å². The second kappa shape index (κ2) is 8.71. The maximum absolute atomic E-state index is 12.2. The fourth-order valence-corrected chi connectivity index (χ4v) is 2.84. The maximum Gasteiger partial charge on any atom is 0.269 e. The highest BCUT2D eigenvalue weighted by Gasteiger charge is 2.12. The molecule has 28 heavy (non-hydrogen) atoms. The molecule has 0 aliphatic heterocycles. The Morgan fingerprint density at radius 2 is 1.82 bits per heavy atom. The van der Waals surface area contributed by atoms with Crippen LogP contribution in [0.2, 0.25) is 5.02 Å². The third-order valence-corrected chi connectivity index (χ3v) is 4.44. The molecule has 144 valence electrons. The summed E-state index contributed by atoms with van der Waals surface area (Å²) in [4.78, 5) is 28.4. The predicted molar refractivity (Wildman–Crippen MR) is 107 cm³/mol. The Bertz CT molecular complexity index is 996. The molecule has 3 rings (SSSR count). The highest BCUT2D eigenvalue weighted by molar-refractivity contribution is 6.30. The van der Waals surface area contributed by atoms with Gasteiger partial charge >= 0.3 is 0 Å². The van der Waals surface area contributed by atoms with Crippen LogP contribution in [-0.2, 0) is 11.2 Å². The second-order valence-electron chi connectivity index (χ2n) is 6.45. The van der Waals surface area contributed by atoms with Gasteiger partial charge in [0.2, 0.25) is 5.91 Å². The first kappa shape index (κ1) is 19.6. The van der Waals surface area contributed by atoms with E-state index in [0.717, 1.165) is 16.7 Å². The van der Waals surface area contributed by atoms with Crippen LogP contribution in [0.15, 0.2) is 53.1 Å². The van der Waals surface area contributed by atoms with Crippen molar-refractivity contribution in [1.82, 2.24) is 15.8 Å². The van der Waals surface area contributed by atoms with Crippen LogP contribution < -0.4 is 10.9 Å². The number of hydrazine groups is 1. The van der Waals surface area contributed by atoms with Gasteiger partial charge in [-0.25, -0.2) is 4.98 Å². The number of hydrogen-bond acceptors (Lipinski definition) is 4. The van der Waals surface area contributed by atoms with E-state index >= 15 is 0 Å². The molecule has 2 N–H and O–H groups in total.